The number of hydrogen-bond acceptors (Lipinski definition) is 7. The van der Waals surface area contributed by atoms with E-state index < -0.39 is 0 Å². The van der Waals surface area contributed by atoms with E-state index in [2.05, 4.69) is 15.7 Å². The van der Waals surface area contributed by atoms with Crippen LogP contribution in [-0.2, 0) is 4.74 Å². The Hall–Kier alpha value is -3.92. The predicted octanol–water partition coefficient (Wildman–Crippen LogP) is 2.76. The first-order chi connectivity index (χ1) is 17.1. The van der Waals surface area contributed by atoms with Crippen LogP contribution in [0.25, 0.3) is 11.2 Å². The summed E-state index contributed by atoms with van der Waals surface area (Å²) in [4.78, 5) is 32.9. The van der Waals surface area contributed by atoms with Crippen LogP contribution in [0.4, 0.5) is 16.4 Å². The second kappa shape index (κ2) is 10.1. The summed E-state index contributed by atoms with van der Waals surface area (Å²) in [6, 6.07) is 11.4. The molecule has 2 amide bonds. The van der Waals surface area contributed by atoms with Gasteiger partial charge in [-0.3, -0.25) is 4.79 Å². The molecule has 10 nitrogen and oxygen atoms in total. The highest BCUT2D eigenvalue weighted by Crippen LogP contribution is 2.27. The molecule has 5 rings (SSSR count). The molecule has 0 unspecified atom stereocenters. The molecule has 0 atom stereocenters. The molecule has 1 fully saturated rings. The van der Waals surface area contributed by atoms with Crippen molar-refractivity contribution in [3.05, 3.63) is 59.8 Å². The Morgan fingerprint density at radius 1 is 1.09 bits per heavy atom. The molecule has 0 saturated carbocycles. The number of aromatic nitrogens is 3. The summed E-state index contributed by atoms with van der Waals surface area (Å²) in [5.41, 5.74) is 4.35. The van der Waals surface area contributed by atoms with E-state index >= 15 is 0 Å². The molecule has 3 aromatic rings. The van der Waals surface area contributed by atoms with Gasteiger partial charge in [-0.15, -0.1) is 5.10 Å². The normalized spacial score (nSPS) is 16.2. The van der Waals surface area contributed by atoms with Gasteiger partial charge >= 0.3 is 6.09 Å². The predicted molar refractivity (Wildman–Crippen MR) is 133 cm³/mol. The Morgan fingerprint density at radius 3 is 2.60 bits per heavy atom. The van der Waals surface area contributed by atoms with Crippen LogP contribution < -0.4 is 10.6 Å². The van der Waals surface area contributed by atoms with E-state index in [1.54, 1.807) is 9.42 Å². The minimum Gasteiger partial charge on any atom is -0.450 e. The lowest BCUT2D eigenvalue weighted by atomic mass is 10.0. The van der Waals surface area contributed by atoms with Crippen LogP contribution in [0.3, 0.4) is 0 Å². The number of nitrogens with one attached hydrogen (secondary N) is 2. The topological polar surface area (TPSA) is 104 Å². The molecular weight excluding hydrogens is 446 g/mol. The fourth-order valence-corrected chi connectivity index (χ4v) is 4.38. The molecule has 0 bridgehead atoms. The molecular formula is C25H29N7O3. The Labute approximate surface area is 203 Å². The van der Waals surface area contributed by atoms with Crippen molar-refractivity contribution in [3.63, 3.8) is 0 Å². The third-order valence-electron chi connectivity index (χ3n) is 6.24. The third-order valence-corrected chi connectivity index (χ3v) is 6.24. The molecule has 2 aliphatic rings. The van der Waals surface area contributed by atoms with Gasteiger partial charge in [0.05, 0.1) is 6.61 Å². The number of ether oxygens (including phenoxy) is 1. The average Bonchev–Trinajstić information content (AvgIpc) is 3.32. The summed E-state index contributed by atoms with van der Waals surface area (Å²) < 4.78 is 6.85. The number of carbonyl (C=O) groups excluding carboxylic acids is 2. The molecule has 2 N–H and O–H groups in total. The van der Waals surface area contributed by atoms with Crippen LogP contribution in [0.5, 0.6) is 0 Å². The molecule has 4 heterocycles. The number of hydrogen-bond donors (Lipinski definition) is 2. The maximum atomic E-state index is 12.7. The van der Waals surface area contributed by atoms with Crippen molar-refractivity contribution in [1.29, 1.82) is 0 Å². The quantitative estimate of drug-likeness (QED) is 0.585. The van der Waals surface area contributed by atoms with Crippen LogP contribution >= 0.6 is 0 Å². The van der Waals surface area contributed by atoms with Crippen LogP contribution in [0, 0.1) is 0 Å². The number of fused-ring (bicyclic) bond motifs is 1. The number of rotatable bonds is 5. The Balaban J connectivity index is 1.30. The van der Waals surface area contributed by atoms with Gasteiger partial charge < -0.3 is 25.2 Å². The highest BCUT2D eigenvalue weighted by molar-refractivity contribution is 5.94. The van der Waals surface area contributed by atoms with Crippen molar-refractivity contribution in [3.8, 4) is 0 Å². The molecule has 182 valence electrons. The molecule has 0 aliphatic carbocycles. The standard InChI is InChI=1S/C25H29N7O3/c1-2-35-25(34)31-14-9-18(10-15-31)21-4-3-13-32-22(21)28-24(29-32)27-20-7-5-19(6-8-20)23(33)30-16-11-26-12-17-30/h3-9,13,26H,2,10-12,14-17H2,1H3,(H,27,29). The lowest BCUT2D eigenvalue weighted by Gasteiger charge is -2.27. The number of amides is 2. The number of nitrogens with zero attached hydrogens (tertiary/aromatic N) is 5. The first kappa shape index (κ1) is 22.9. The summed E-state index contributed by atoms with van der Waals surface area (Å²) >= 11 is 0. The summed E-state index contributed by atoms with van der Waals surface area (Å²) in [5, 5.41) is 11.1. The summed E-state index contributed by atoms with van der Waals surface area (Å²) in [7, 11) is 0. The van der Waals surface area contributed by atoms with Gasteiger partial charge in [-0.05, 0) is 55.3 Å². The van der Waals surface area contributed by atoms with E-state index in [-0.39, 0.29) is 12.0 Å². The number of piperazine rings is 1. The maximum absolute atomic E-state index is 12.7. The van der Waals surface area contributed by atoms with E-state index in [0.29, 0.717) is 31.2 Å². The smallest absolute Gasteiger partial charge is 0.410 e. The van der Waals surface area contributed by atoms with Gasteiger partial charge in [0.25, 0.3) is 5.91 Å². The molecule has 1 saturated heterocycles. The molecule has 1 aromatic carbocycles. The van der Waals surface area contributed by atoms with E-state index in [4.69, 9.17) is 9.72 Å². The van der Waals surface area contributed by atoms with Crippen LogP contribution in [0.2, 0.25) is 0 Å². The van der Waals surface area contributed by atoms with E-state index in [1.165, 1.54) is 0 Å². The van der Waals surface area contributed by atoms with Crippen LogP contribution in [-0.4, -0.2) is 82.3 Å². The first-order valence-corrected chi connectivity index (χ1v) is 12.0. The minimum atomic E-state index is -0.282. The Morgan fingerprint density at radius 2 is 1.89 bits per heavy atom. The van der Waals surface area contributed by atoms with E-state index in [9.17, 15) is 9.59 Å². The average molecular weight is 476 g/mol. The van der Waals surface area contributed by atoms with Gasteiger partial charge in [0, 0.05) is 62.3 Å². The van der Waals surface area contributed by atoms with E-state index in [0.717, 1.165) is 55.1 Å². The Kier molecular flexibility index (Phi) is 6.62. The fourth-order valence-electron chi connectivity index (χ4n) is 4.38. The second-order valence-corrected chi connectivity index (χ2v) is 8.49. The molecule has 2 aliphatic heterocycles. The SMILES string of the molecule is CCOC(=O)N1CC=C(c2cccn3nc(Nc4ccc(C(=O)N5CCNCC5)cc4)nc23)CC1. The molecule has 2 aromatic heterocycles. The third kappa shape index (κ3) is 4.97. The van der Waals surface area contributed by atoms with Crippen LogP contribution in [0.1, 0.15) is 29.3 Å². The summed E-state index contributed by atoms with van der Waals surface area (Å²) in [5.74, 6) is 0.527. The van der Waals surface area contributed by atoms with Crippen molar-refractivity contribution in [2.75, 3.05) is 51.2 Å². The van der Waals surface area contributed by atoms with Crippen molar-refractivity contribution in [2.45, 2.75) is 13.3 Å². The van der Waals surface area contributed by atoms with Gasteiger partial charge in [0.2, 0.25) is 5.95 Å². The number of pyridine rings is 1. The minimum absolute atomic E-state index is 0.0517. The second-order valence-electron chi connectivity index (χ2n) is 8.49. The summed E-state index contributed by atoms with van der Waals surface area (Å²) in [6.45, 7) is 6.39. The van der Waals surface area contributed by atoms with E-state index in [1.807, 2.05) is 60.5 Å². The lowest BCUT2D eigenvalue weighted by molar-refractivity contribution is 0.0735. The van der Waals surface area contributed by atoms with Crippen molar-refractivity contribution < 1.29 is 14.3 Å². The zero-order valence-corrected chi connectivity index (χ0v) is 19.7. The van der Waals surface area contributed by atoms with Gasteiger partial charge in [-0.25, -0.2) is 9.31 Å². The summed E-state index contributed by atoms with van der Waals surface area (Å²) in [6.07, 6.45) is 4.35. The molecule has 0 radical (unpaired) electrons. The largest absolute Gasteiger partial charge is 0.450 e. The number of anilines is 2. The zero-order chi connectivity index (χ0) is 24.2. The van der Waals surface area contributed by atoms with Crippen molar-refractivity contribution in [2.24, 2.45) is 0 Å². The zero-order valence-electron chi connectivity index (χ0n) is 19.7. The van der Waals surface area contributed by atoms with Crippen molar-refractivity contribution in [1.82, 2.24) is 29.7 Å². The fraction of sp³-hybridized carbons (Fsp3) is 0.360. The molecule has 35 heavy (non-hydrogen) atoms. The molecule has 0 spiro atoms. The Bertz CT molecular complexity index is 1250. The number of carbonyl (C=O) groups is 2. The lowest BCUT2D eigenvalue weighted by Crippen LogP contribution is -2.46. The van der Waals surface area contributed by atoms with Gasteiger partial charge in [-0.2, -0.15) is 4.98 Å². The van der Waals surface area contributed by atoms with Gasteiger partial charge in [-0.1, -0.05) is 6.08 Å². The maximum Gasteiger partial charge on any atom is 0.410 e. The van der Waals surface area contributed by atoms with Crippen LogP contribution in [0.15, 0.2) is 48.7 Å². The van der Waals surface area contributed by atoms with Crippen molar-refractivity contribution >= 4 is 34.9 Å². The highest BCUT2D eigenvalue weighted by Gasteiger charge is 2.21. The monoisotopic (exact) mass is 475 g/mol. The van der Waals surface area contributed by atoms with Gasteiger partial charge in [0.15, 0.2) is 5.65 Å². The molecule has 10 heteroatoms. The first-order valence-electron chi connectivity index (χ1n) is 12.0. The highest BCUT2D eigenvalue weighted by atomic mass is 16.6. The van der Waals surface area contributed by atoms with Gasteiger partial charge in [0.1, 0.15) is 0 Å². The number of benzene rings is 1.